The number of ether oxygens (including phenoxy) is 1. The summed E-state index contributed by atoms with van der Waals surface area (Å²) in [5, 5.41) is 5.30. The summed E-state index contributed by atoms with van der Waals surface area (Å²) in [6.07, 6.45) is 0.924. The zero-order valence-corrected chi connectivity index (χ0v) is 11.0. The van der Waals surface area contributed by atoms with Crippen molar-refractivity contribution in [1.29, 1.82) is 0 Å². The smallest absolute Gasteiger partial charge is 0.339 e. The second kappa shape index (κ2) is 5.66. The van der Waals surface area contributed by atoms with Crippen molar-refractivity contribution in [1.82, 2.24) is 5.32 Å². The average Bonchev–Trinajstić information content (AvgIpc) is 2.60. The number of hydrogen-bond acceptors (Lipinski definition) is 4. The predicted molar refractivity (Wildman–Crippen MR) is 67.5 cm³/mol. The van der Waals surface area contributed by atoms with Crippen LogP contribution in [0.1, 0.15) is 34.6 Å². The normalized spacial score (nSPS) is 18.5. The molecule has 0 spiro atoms. The van der Waals surface area contributed by atoms with Crippen molar-refractivity contribution in [3.8, 4) is 0 Å². The summed E-state index contributed by atoms with van der Waals surface area (Å²) < 4.78 is 5.03. The molecular weight excluding hydrogens is 246 g/mol. The summed E-state index contributed by atoms with van der Waals surface area (Å²) >= 11 is 1.64. The molecule has 1 atom stereocenters. The van der Waals surface area contributed by atoms with Gasteiger partial charge in [-0.1, -0.05) is 0 Å². The minimum Gasteiger partial charge on any atom is -0.462 e. The van der Waals surface area contributed by atoms with Crippen LogP contribution >= 0.6 is 23.7 Å². The molecule has 1 aromatic heterocycles. The largest absolute Gasteiger partial charge is 0.462 e. The highest BCUT2D eigenvalue weighted by atomic mass is 35.5. The van der Waals surface area contributed by atoms with Crippen molar-refractivity contribution in [3.05, 3.63) is 21.4 Å². The van der Waals surface area contributed by atoms with Gasteiger partial charge in [-0.05, 0) is 25.8 Å². The molecule has 3 nitrogen and oxygen atoms in total. The van der Waals surface area contributed by atoms with E-state index in [1.54, 1.807) is 11.3 Å². The summed E-state index contributed by atoms with van der Waals surface area (Å²) in [6, 6.07) is 0.445. The quantitative estimate of drug-likeness (QED) is 0.831. The van der Waals surface area contributed by atoms with E-state index in [2.05, 4.69) is 12.2 Å². The molecule has 0 saturated heterocycles. The number of hydrogen-bond donors (Lipinski definition) is 1. The number of carbonyl (C=O) groups excluding carboxylic acids is 1. The van der Waals surface area contributed by atoms with E-state index in [1.165, 1.54) is 10.4 Å². The van der Waals surface area contributed by atoms with E-state index in [1.807, 2.05) is 12.3 Å². The van der Waals surface area contributed by atoms with Gasteiger partial charge in [-0.25, -0.2) is 4.79 Å². The highest BCUT2D eigenvalue weighted by Gasteiger charge is 2.23. The molecule has 90 valence electrons. The van der Waals surface area contributed by atoms with Gasteiger partial charge in [0.1, 0.15) is 0 Å². The number of rotatable bonds is 2. The molecule has 5 heteroatoms. The molecule has 0 aliphatic carbocycles. The first-order valence-electron chi connectivity index (χ1n) is 5.22. The molecule has 16 heavy (non-hydrogen) atoms. The lowest BCUT2D eigenvalue weighted by Crippen LogP contribution is -2.32. The third kappa shape index (κ3) is 2.56. The number of esters is 1. The summed E-state index contributed by atoms with van der Waals surface area (Å²) in [5.41, 5.74) is 1.95. The van der Waals surface area contributed by atoms with Gasteiger partial charge in [0.25, 0.3) is 0 Å². The van der Waals surface area contributed by atoms with E-state index in [9.17, 15) is 4.79 Å². The fraction of sp³-hybridized carbons (Fsp3) is 0.545. The van der Waals surface area contributed by atoms with Crippen molar-refractivity contribution in [2.45, 2.75) is 32.9 Å². The topological polar surface area (TPSA) is 38.3 Å². The fourth-order valence-corrected chi connectivity index (χ4v) is 2.82. The maximum absolute atomic E-state index is 11.6. The van der Waals surface area contributed by atoms with Crippen LogP contribution in [0.25, 0.3) is 0 Å². The van der Waals surface area contributed by atoms with Gasteiger partial charge < -0.3 is 10.1 Å². The van der Waals surface area contributed by atoms with Gasteiger partial charge in [0, 0.05) is 22.8 Å². The molecule has 2 heterocycles. The van der Waals surface area contributed by atoms with E-state index in [0.29, 0.717) is 12.6 Å². The van der Waals surface area contributed by atoms with Crippen LogP contribution in [0.3, 0.4) is 0 Å². The van der Waals surface area contributed by atoms with E-state index in [-0.39, 0.29) is 18.4 Å². The molecule has 0 bridgehead atoms. The maximum Gasteiger partial charge on any atom is 0.339 e. The van der Waals surface area contributed by atoms with Crippen LogP contribution in [-0.2, 0) is 17.7 Å². The number of fused-ring (bicyclic) bond motifs is 1. The van der Waals surface area contributed by atoms with Gasteiger partial charge in [-0.3, -0.25) is 0 Å². The second-order valence-electron chi connectivity index (χ2n) is 3.76. The lowest BCUT2D eigenvalue weighted by atomic mass is 10.00. The van der Waals surface area contributed by atoms with Crippen LogP contribution < -0.4 is 5.32 Å². The molecule has 0 fully saturated rings. The maximum atomic E-state index is 11.6. The van der Waals surface area contributed by atoms with Crippen LogP contribution in [-0.4, -0.2) is 18.6 Å². The molecule has 2 rings (SSSR count). The Morgan fingerprint density at radius 1 is 1.69 bits per heavy atom. The van der Waals surface area contributed by atoms with Gasteiger partial charge in [0.15, 0.2) is 0 Å². The average molecular weight is 262 g/mol. The van der Waals surface area contributed by atoms with Crippen LogP contribution in [0.5, 0.6) is 0 Å². The SMILES string of the molecule is CCOC(=O)c1csc2c1CC(C)NC2.Cl. The molecule has 1 aliphatic heterocycles. The Morgan fingerprint density at radius 3 is 3.12 bits per heavy atom. The molecule has 0 aromatic carbocycles. The first-order chi connectivity index (χ1) is 7.22. The Bertz CT molecular complexity index is 378. The molecule has 1 aliphatic rings. The lowest BCUT2D eigenvalue weighted by molar-refractivity contribution is 0.0525. The summed E-state index contributed by atoms with van der Waals surface area (Å²) in [4.78, 5) is 12.9. The third-order valence-electron chi connectivity index (χ3n) is 2.60. The second-order valence-corrected chi connectivity index (χ2v) is 4.72. The first-order valence-corrected chi connectivity index (χ1v) is 6.10. The minimum absolute atomic E-state index is 0. The molecule has 0 radical (unpaired) electrons. The Morgan fingerprint density at radius 2 is 2.44 bits per heavy atom. The Kier molecular flexibility index (Phi) is 4.77. The minimum atomic E-state index is -0.177. The van der Waals surface area contributed by atoms with E-state index in [4.69, 9.17) is 4.74 Å². The Balaban J connectivity index is 0.00000128. The van der Waals surface area contributed by atoms with Crippen molar-refractivity contribution in [3.63, 3.8) is 0 Å². The van der Waals surface area contributed by atoms with Crippen molar-refractivity contribution in [2.75, 3.05) is 6.61 Å². The zero-order valence-electron chi connectivity index (χ0n) is 9.41. The van der Waals surface area contributed by atoms with E-state index >= 15 is 0 Å². The molecule has 0 saturated carbocycles. The lowest BCUT2D eigenvalue weighted by Gasteiger charge is -2.20. The zero-order chi connectivity index (χ0) is 10.8. The summed E-state index contributed by atoms with van der Waals surface area (Å²) in [5.74, 6) is -0.177. The fourth-order valence-electron chi connectivity index (χ4n) is 1.82. The van der Waals surface area contributed by atoms with E-state index in [0.717, 1.165) is 18.5 Å². The highest BCUT2D eigenvalue weighted by Crippen LogP contribution is 2.27. The Hall–Kier alpha value is -0.580. The van der Waals surface area contributed by atoms with Crippen LogP contribution in [0.15, 0.2) is 5.38 Å². The van der Waals surface area contributed by atoms with Crippen molar-refractivity contribution < 1.29 is 9.53 Å². The number of nitrogens with one attached hydrogen (secondary N) is 1. The molecule has 1 N–H and O–H groups in total. The molecular formula is C11H16ClNO2S. The Labute approximate surface area is 106 Å². The molecule has 0 amide bonds. The molecule has 1 aromatic rings. The standard InChI is InChI=1S/C11H15NO2S.ClH/c1-3-14-11(13)9-6-15-10-5-12-7(2)4-8(9)10;/h6-7,12H,3-5H2,1-2H3;1H. The summed E-state index contributed by atoms with van der Waals surface area (Å²) in [7, 11) is 0. The van der Waals surface area contributed by atoms with Crippen LogP contribution in [0.2, 0.25) is 0 Å². The number of halogens is 1. The number of carbonyl (C=O) groups is 1. The van der Waals surface area contributed by atoms with Gasteiger partial charge in [-0.15, -0.1) is 23.7 Å². The van der Waals surface area contributed by atoms with E-state index < -0.39 is 0 Å². The third-order valence-corrected chi connectivity index (χ3v) is 3.63. The van der Waals surface area contributed by atoms with Crippen LogP contribution in [0.4, 0.5) is 0 Å². The van der Waals surface area contributed by atoms with Gasteiger partial charge in [-0.2, -0.15) is 0 Å². The predicted octanol–water partition coefficient (Wildman–Crippen LogP) is 2.38. The van der Waals surface area contributed by atoms with Gasteiger partial charge >= 0.3 is 5.97 Å². The van der Waals surface area contributed by atoms with Crippen molar-refractivity contribution >= 4 is 29.7 Å². The highest BCUT2D eigenvalue weighted by molar-refractivity contribution is 7.10. The van der Waals surface area contributed by atoms with Crippen molar-refractivity contribution in [2.24, 2.45) is 0 Å². The van der Waals surface area contributed by atoms with Gasteiger partial charge in [0.2, 0.25) is 0 Å². The number of thiophene rings is 1. The van der Waals surface area contributed by atoms with Crippen LogP contribution in [0, 0.1) is 0 Å². The van der Waals surface area contributed by atoms with Gasteiger partial charge in [0.05, 0.1) is 12.2 Å². The first kappa shape index (κ1) is 13.5. The molecule has 1 unspecified atom stereocenters. The monoisotopic (exact) mass is 261 g/mol. The summed E-state index contributed by atoms with van der Waals surface area (Å²) in [6.45, 7) is 5.29.